The first-order valence-electron chi connectivity index (χ1n) is 11.9. The third-order valence-corrected chi connectivity index (χ3v) is 7.66. The van der Waals surface area contributed by atoms with E-state index in [0.29, 0.717) is 48.8 Å². The Morgan fingerprint density at radius 3 is 2.59 bits per heavy atom. The molecule has 9 nitrogen and oxygen atoms in total. The molecule has 0 unspecified atom stereocenters. The second kappa shape index (κ2) is 8.39. The summed E-state index contributed by atoms with van der Waals surface area (Å²) in [5, 5.41) is 14.6. The van der Waals surface area contributed by atoms with Gasteiger partial charge in [0, 0.05) is 19.1 Å². The van der Waals surface area contributed by atoms with Gasteiger partial charge < -0.3 is 19.3 Å². The number of halogens is 1. The molecule has 6 rings (SSSR count). The Morgan fingerprint density at radius 1 is 1.12 bits per heavy atom. The Morgan fingerprint density at radius 2 is 1.91 bits per heavy atom. The van der Waals surface area contributed by atoms with Crippen LogP contribution in [0, 0.1) is 0 Å². The maximum atomic E-state index is 13.4. The Labute approximate surface area is 201 Å². The summed E-state index contributed by atoms with van der Waals surface area (Å²) >= 11 is 6.71. The largest absolute Gasteiger partial charge is 0.442 e. The molecule has 0 aromatic carbocycles. The van der Waals surface area contributed by atoms with Crippen molar-refractivity contribution in [2.24, 2.45) is 0 Å². The van der Waals surface area contributed by atoms with Crippen LogP contribution in [0.5, 0.6) is 0 Å². The van der Waals surface area contributed by atoms with E-state index in [-0.39, 0.29) is 41.2 Å². The molecule has 1 N–H and O–H groups in total. The van der Waals surface area contributed by atoms with E-state index in [9.17, 15) is 14.7 Å². The van der Waals surface area contributed by atoms with Crippen molar-refractivity contribution in [2.75, 3.05) is 19.6 Å². The van der Waals surface area contributed by atoms with Gasteiger partial charge in [0.2, 0.25) is 5.91 Å². The van der Waals surface area contributed by atoms with Gasteiger partial charge in [-0.1, -0.05) is 11.6 Å². The summed E-state index contributed by atoms with van der Waals surface area (Å²) in [5.41, 5.74) is 2.61. The summed E-state index contributed by atoms with van der Waals surface area (Å²) < 4.78 is 7.15. The number of hydrogen-bond acceptors (Lipinski definition) is 6. The quantitative estimate of drug-likeness (QED) is 0.611. The third kappa shape index (κ3) is 3.76. The zero-order valence-electron chi connectivity index (χ0n) is 18.7. The van der Waals surface area contributed by atoms with E-state index in [1.54, 1.807) is 10.7 Å². The average Bonchev–Trinajstić information content (AvgIpc) is 3.45. The van der Waals surface area contributed by atoms with Gasteiger partial charge in [-0.05, 0) is 62.1 Å². The van der Waals surface area contributed by atoms with Crippen LogP contribution >= 0.6 is 11.6 Å². The molecule has 2 saturated carbocycles. The predicted octanol–water partition coefficient (Wildman–Crippen LogP) is 3.11. The fourth-order valence-corrected chi connectivity index (χ4v) is 5.46. The molecular weight excluding hydrogens is 458 g/mol. The zero-order valence-corrected chi connectivity index (χ0v) is 19.4. The summed E-state index contributed by atoms with van der Waals surface area (Å²) in [4.78, 5) is 33.7. The predicted molar refractivity (Wildman–Crippen MR) is 124 cm³/mol. The summed E-state index contributed by atoms with van der Waals surface area (Å²) in [6.07, 6.45) is 7.97. The molecule has 3 aromatic heterocycles. The Hall–Kier alpha value is -2.91. The van der Waals surface area contributed by atoms with Crippen LogP contribution in [-0.2, 0) is 4.79 Å². The number of fused-ring (bicyclic) bond motifs is 1. The fourth-order valence-electron chi connectivity index (χ4n) is 5.21. The molecule has 2 aliphatic carbocycles. The van der Waals surface area contributed by atoms with Gasteiger partial charge in [-0.25, -0.2) is 9.50 Å². The number of piperazine rings is 1. The molecule has 0 atom stereocenters. The van der Waals surface area contributed by atoms with Crippen LogP contribution in [0.4, 0.5) is 0 Å². The van der Waals surface area contributed by atoms with Crippen molar-refractivity contribution in [3.63, 3.8) is 0 Å². The van der Waals surface area contributed by atoms with E-state index in [1.165, 1.54) is 11.3 Å². The number of amides is 2. The zero-order chi connectivity index (χ0) is 23.4. The Bertz CT molecular complexity index is 1240. The number of nitrogens with zero attached hydrogens (tertiary/aromatic N) is 5. The number of pyridine rings is 1. The third-order valence-electron chi connectivity index (χ3n) is 7.28. The van der Waals surface area contributed by atoms with Crippen molar-refractivity contribution in [1.29, 1.82) is 0 Å². The molecule has 10 heteroatoms. The lowest BCUT2D eigenvalue weighted by atomic mass is 9.91. The lowest BCUT2D eigenvalue weighted by Gasteiger charge is -2.41. The van der Waals surface area contributed by atoms with Crippen LogP contribution in [0.3, 0.4) is 0 Å². The highest BCUT2D eigenvalue weighted by Crippen LogP contribution is 2.42. The molecule has 1 saturated heterocycles. The van der Waals surface area contributed by atoms with Gasteiger partial charge in [-0.3, -0.25) is 9.59 Å². The molecule has 0 spiro atoms. The second-order valence-corrected chi connectivity index (χ2v) is 9.93. The molecule has 0 radical (unpaired) electrons. The monoisotopic (exact) mass is 483 g/mol. The average molecular weight is 484 g/mol. The van der Waals surface area contributed by atoms with Crippen LogP contribution in [0.1, 0.15) is 60.5 Å². The first-order valence-corrected chi connectivity index (χ1v) is 12.2. The number of oxazole rings is 1. The molecule has 3 aromatic rings. The highest BCUT2D eigenvalue weighted by molar-refractivity contribution is 6.37. The van der Waals surface area contributed by atoms with Gasteiger partial charge in [-0.2, -0.15) is 5.10 Å². The summed E-state index contributed by atoms with van der Waals surface area (Å²) in [7, 11) is 0. The first-order chi connectivity index (χ1) is 16.5. The van der Waals surface area contributed by atoms with Crippen molar-refractivity contribution in [3.8, 4) is 11.5 Å². The molecule has 2 amide bonds. The number of carbonyl (C=O) groups is 2. The van der Waals surface area contributed by atoms with Gasteiger partial charge in [0.25, 0.3) is 5.91 Å². The molecule has 1 aliphatic heterocycles. The van der Waals surface area contributed by atoms with Crippen molar-refractivity contribution in [2.45, 2.75) is 56.6 Å². The SMILES string of the molecule is O=C(c1nn2c(-c3cnco3)cc(C3CC3)cc2c1Cl)N1CCN(C2CCC(O)CC2)C(=O)C1. The number of carbonyl (C=O) groups excluding carboxylic acids is 2. The van der Waals surface area contributed by atoms with Crippen LogP contribution in [0.25, 0.3) is 17.0 Å². The van der Waals surface area contributed by atoms with Gasteiger partial charge in [-0.15, -0.1) is 0 Å². The van der Waals surface area contributed by atoms with Crippen LogP contribution in [-0.4, -0.2) is 73.1 Å². The molecule has 34 heavy (non-hydrogen) atoms. The normalized spacial score (nSPS) is 23.6. The molecular formula is C24H26ClN5O4. The summed E-state index contributed by atoms with van der Waals surface area (Å²) in [5.74, 6) is 0.604. The minimum atomic E-state index is -0.350. The number of rotatable bonds is 4. The topological polar surface area (TPSA) is 104 Å². The van der Waals surface area contributed by atoms with Crippen LogP contribution < -0.4 is 0 Å². The highest BCUT2D eigenvalue weighted by atomic mass is 35.5. The lowest BCUT2D eigenvalue weighted by molar-refractivity contribution is -0.138. The minimum Gasteiger partial charge on any atom is -0.442 e. The second-order valence-electron chi connectivity index (χ2n) is 9.55. The van der Waals surface area contributed by atoms with E-state index < -0.39 is 0 Å². The fraction of sp³-hybridized carbons (Fsp3) is 0.500. The van der Waals surface area contributed by atoms with Gasteiger partial charge in [0.15, 0.2) is 17.8 Å². The molecule has 178 valence electrons. The van der Waals surface area contributed by atoms with Crippen molar-refractivity contribution >= 4 is 28.9 Å². The number of aliphatic hydroxyl groups excluding tert-OH is 1. The van der Waals surface area contributed by atoms with Crippen molar-refractivity contribution in [3.05, 3.63) is 41.0 Å². The van der Waals surface area contributed by atoms with Gasteiger partial charge >= 0.3 is 0 Å². The van der Waals surface area contributed by atoms with Crippen molar-refractivity contribution < 1.29 is 19.1 Å². The molecule has 3 fully saturated rings. The van der Waals surface area contributed by atoms with Crippen LogP contribution in [0.2, 0.25) is 5.02 Å². The first kappa shape index (κ1) is 21.6. The van der Waals surface area contributed by atoms with E-state index in [4.69, 9.17) is 16.0 Å². The Kier molecular flexibility index (Phi) is 5.33. The standard InChI is InChI=1S/C24H26ClN5O4/c25-22-19-10-15(14-1-2-14)9-18(20-11-26-13-34-20)30(19)27-23(22)24(33)28-7-8-29(21(32)12-28)16-3-5-17(31)6-4-16/h9-11,13-14,16-17,31H,1-8,12H2. The number of aromatic nitrogens is 3. The molecule has 0 bridgehead atoms. The maximum Gasteiger partial charge on any atom is 0.276 e. The number of hydrogen-bond donors (Lipinski definition) is 1. The Balaban J connectivity index is 1.28. The molecule has 4 heterocycles. The van der Waals surface area contributed by atoms with E-state index in [0.717, 1.165) is 31.2 Å². The van der Waals surface area contributed by atoms with Crippen LogP contribution in [0.15, 0.2) is 29.1 Å². The molecule has 3 aliphatic rings. The maximum absolute atomic E-state index is 13.4. The smallest absolute Gasteiger partial charge is 0.276 e. The van der Waals surface area contributed by atoms with Crippen molar-refractivity contribution in [1.82, 2.24) is 24.4 Å². The minimum absolute atomic E-state index is 0.00434. The van der Waals surface area contributed by atoms with E-state index in [2.05, 4.69) is 10.1 Å². The van der Waals surface area contributed by atoms with E-state index >= 15 is 0 Å². The van der Waals surface area contributed by atoms with E-state index in [1.807, 2.05) is 17.0 Å². The van der Waals surface area contributed by atoms with Gasteiger partial charge in [0.1, 0.15) is 12.2 Å². The lowest BCUT2D eigenvalue weighted by Crippen LogP contribution is -2.56. The number of aliphatic hydroxyl groups is 1. The summed E-state index contributed by atoms with van der Waals surface area (Å²) in [6.45, 7) is 0.909. The van der Waals surface area contributed by atoms with Gasteiger partial charge in [0.05, 0.1) is 22.8 Å². The summed E-state index contributed by atoms with van der Waals surface area (Å²) in [6, 6.07) is 4.15. The highest BCUT2D eigenvalue weighted by Gasteiger charge is 2.35.